The first-order chi connectivity index (χ1) is 13.4. The van der Waals surface area contributed by atoms with Gasteiger partial charge in [-0.05, 0) is 47.5 Å². The number of ether oxygens (including phenoxy) is 1. The molecule has 0 fully saturated rings. The summed E-state index contributed by atoms with van der Waals surface area (Å²) in [5.41, 5.74) is 3.97. The van der Waals surface area contributed by atoms with Gasteiger partial charge in [0.05, 0.1) is 6.26 Å². The molecule has 0 saturated carbocycles. The van der Waals surface area contributed by atoms with Crippen molar-refractivity contribution in [2.24, 2.45) is 0 Å². The Morgan fingerprint density at radius 1 is 1.11 bits per heavy atom. The van der Waals surface area contributed by atoms with Gasteiger partial charge < -0.3 is 4.74 Å². The van der Waals surface area contributed by atoms with Crippen molar-refractivity contribution in [3.8, 4) is 29.2 Å². The van der Waals surface area contributed by atoms with Gasteiger partial charge in [0.15, 0.2) is 0 Å². The largest absolute Gasteiger partial charge is 0.480 e. The van der Waals surface area contributed by atoms with E-state index in [9.17, 15) is 12.8 Å². The standard InChI is InChI=1S/C22H16FNO3S/c1-3-14-6-5-9-20-21(14)18-11-10-17(24-28(2,25)26)13-19(18)22(27-20)15-7-4-8-16(23)12-15/h1,4-13,22,24H,2H3. The van der Waals surface area contributed by atoms with Crippen molar-refractivity contribution in [2.45, 2.75) is 6.10 Å². The Kier molecular flexibility index (Phi) is 4.33. The topological polar surface area (TPSA) is 55.4 Å². The highest BCUT2D eigenvalue weighted by atomic mass is 32.2. The van der Waals surface area contributed by atoms with Crippen LogP contribution in [0.25, 0.3) is 11.1 Å². The fraction of sp³-hybridized carbons (Fsp3) is 0.0909. The van der Waals surface area contributed by atoms with Crippen molar-refractivity contribution in [3.63, 3.8) is 0 Å². The second kappa shape index (κ2) is 6.70. The Bertz CT molecular complexity index is 1230. The van der Waals surface area contributed by atoms with Crippen LogP contribution in [0.15, 0.2) is 60.7 Å². The van der Waals surface area contributed by atoms with E-state index in [1.54, 1.807) is 36.4 Å². The number of rotatable bonds is 3. The van der Waals surface area contributed by atoms with Crippen LogP contribution in [0.5, 0.6) is 5.75 Å². The predicted molar refractivity (Wildman–Crippen MR) is 107 cm³/mol. The zero-order valence-electron chi connectivity index (χ0n) is 14.9. The van der Waals surface area contributed by atoms with E-state index in [0.717, 1.165) is 17.4 Å². The molecule has 3 aromatic rings. The van der Waals surface area contributed by atoms with Crippen molar-refractivity contribution < 1.29 is 17.5 Å². The van der Waals surface area contributed by atoms with E-state index in [4.69, 9.17) is 11.2 Å². The monoisotopic (exact) mass is 393 g/mol. The molecule has 4 nitrogen and oxygen atoms in total. The second-order valence-electron chi connectivity index (χ2n) is 6.55. The third-order valence-corrected chi connectivity index (χ3v) is 5.09. The van der Waals surface area contributed by atoms with Crippen molar-refractivity contribution in [1.29, 1.82) is 0 Å². The number of sulfonamides is 1. The Morgan fingerprint density at radius 2 is 1.89 bits per heavy atom. The van der Waals surface area contributed by atoms with Crippen molar-refractivity contribution in [2.75, 3.05) is 11.0 Å². The number of benzene rings is 3. The molecule has 0 bridgehead atoms. The lowest BCUT2D eigenvalue weighted by Gasteiger charge is -2.30. The van der Waals surface area contributed by atoms with Gasteiger partial charge in [0.2, 0.25) is 10.0 Å². The van der Waals surface area contributed by atoms with Crippen LogP contribution in [-0.4, -0.2) is 14.7 Å². The summed E-state index contributed by atoms with van der Waals surface area (Å²) in [7, 11) is -3.45. The highest BCUT2D eigenvalue weighted by Crippen LogP contribution is 2.47. The van der Waals surface area contributed by atoms with Crippen LogP contribution in [0, 0.1) is 18.2 Å². The molecule has 0 spiro atoms. The minimum Gasteiger partial charge on any atom is -0.480 e. The smallest absolute Gasteiger partial charge is 0.229 e. The number of hydrogen-bond acceptors (Lipinski definition) is 3. The summed E-state index contributed by atoms with van der Waals surface area (Å²) in [5, 5.41) is 0. The minimum atomic E-state index is -3.45. The summed E-state index contributed by atoms with van der Waals surface area (Å²) in [6, 6.07) is 16.8. The minimum absolute atomic E-state index is 0.378. The zero-order valence-corrected chi connectivity index (χ0v) is 15.8. The van der Waals surface area contributed by atoms with Crippen LogP contribution in [0.1, 0.15) is 22.8 Å². The highest BCUT2D eigenvalue weighted by Gasteiger charge is 2.29. The van der Waals surface area contributed by atoms with Crippen LogP contribution >= 0.6 is 0 Å². The van der Waals surface area contributed by atoms with Gasteiger partial charge in [0.1, 0.15) is 17.7 Å². The molecular weight excluding hydrogens is 377 g/mol. The molecule has 0 amide bonds. The molecule has 1 heterocycles. The molecule has 3 aromatic carbocycles. The molecule has 140 valence electrons. The molecule has 0 aliphatic carbocycles. The van der Waals surface area contributed by atoms with E-state index in [-0.39, 0.29) is 5.82 Å². The Hall–Kier alpha value is -3.30. The Balaban J connectivity index is 1.95. The number of nitrogens with one attached hydrogen (secondary N) is 1. The number of fused-ring (bicyclic) bond motifs is 3. The van der Waals surface area contributed by atoms with Gasteiger partial charge in [0.25, 0.3) is 0 Å². The number of hydrogen-bond donors (Lipinski definition) is 1. The summed E-state index contributed by atoms with van der Waals surface area (Å²) >= 11 is 0. The fourth-order valence-electron chi connectivity index (χ4n) is 3.42. The van der Waals surface area contributed by atoms with Gasteiger partial charge in [-0.3, -0.25) is 4.72 Å². The SMILES string of the molecule is C#Cc1cccc2c1-c1ccc(NS(C)(=O)=O)cc1C(c1cccc(F)c1)O2. The predicted octanol–water partition coefficient (Wildman–Crippen LogP) is 4.33. The maximum atomic E-state index is 13.8. The molecule has 1 aliphatic heterocycles. The van der Waals surface area contributed by atoms with Crippen LogP contribution < -0.4 is 9.46 Å². The zero-order chi connectivity index (χ0) is 19.9. The van der Waals surface area contributed by atoms with E-state index in [1.165, 1.54) is 12.1 Å². The lowest BCUT2D eigenvalue weighted by atomic mass is 9.87. The van der Waals surface area contributed by atoms with E-state index < -0.39 is 16.1 Å². The molecule has 0 radical (unpaired) electrons. The molecule has 1 atom stereocenters. The molecule has 0 saturated heterocycles. The first kappa shape index (κ1) is 18.1. The number of halogens is 1. The molecular formula is C22H16FNO3S. The van der Waals surface area contributed by atoms with Gasteiger partial charge in [-0.1, -0.05) is 30.2 Å². The van der Waals surface area contributed by atoms with Crippen LogP contribution in [0.3, 0.4) is 0 Å². The molecule has 4 rings (SSSR count). The second-order valence-corrected chi connectivity index (χ2v) is 8.30. The van der Waals surface area contributed by atoms with Crippen molar-refractivity contribution in [1.82, 2.24) is 0 Å². The van der Waals surface area contributed by atoms with Crippen molar-refractivity contribution in [3.05, 3.63) is 83.2 Å². The van der Waals surface area contributed by atoms with Gasteiger partial charge >= 0.3 is 0 Å². The maximum Gasteiger partial charge on any atom is 0.229 e. The third kappa shape index (κ3) is 3.32. The van der Waals surface area contributed by atoms with E-state index >= 15 is 0 Å². The molecule has 1 unspecified atom stereocenters. The van der Waals surface area contributed by atoms with E-state index in [0.29, 0.717) is 28.1 Å². The summed E-state index contributed by atoms with van der Waals surface area (Å²) in [6.07, 6.45) is 6.14. The van der Waals surface area contributed by atoms with Crippen molar-refractivity contribution >= 4 is 15.7 Å². The quantitative estimate of drug-likeness (QED) is 0.674. The summed E-state index contributed by atoms with van der Waals surface area (Å²) in [6.45, 7) is 0. The van der Waals surface area contributed by atoms with Gasteiger partial charge in [-0.25, -0.2) is 12.8 Å². The number of anilines is 1. The molecule has 1 N–H and O–H groups in total. The van der Waals surface area contributed by atoms with Crippen LogP contribution in [-0.2, 0) is 10.0 Å². The van der Waals surface area contributed by atoms with Gasteiger partial charge in [-0.2, -0.15) is 0 Å². The first-order valence-corrected chi connectivity index (χ1v) is 10.4. The van der Waals surface area contributed by atoms with Crippen LogP contribution in [0.4, 0.5) is 10.1 Å². The summed E-state index contributed by atoms with van der Waals surface area (Å²) in [4.78, 5) is 0. The summed E-state index contributed by atoms with van der Waals surface area (Å²) in [5.74, 6) is 2.88. The lowest BCUT2D eigenvalue weighted by molar-refractivity contribution is 0.243. The lowest BCUT2D eigenvalue weighted by Crippen LogP contribution is -2.17. The first-order valence-electron chi connectivity index (χ1n) is 8.49. The molecule has 1 aliphatic rings. The average molecular weight is 393 g/mol. The normalized spacial score (nSPS) is 15.0. The molecule has 28 heavy (non-hydrogen) atoms. The third-order valence-electron chi connectivity index (χ3n) is 4.48. The Labute approximate surface area is 163 Å². The van der Waals surface area contributed by atoms with Crippen LogP contribution in [0.2, 0.25) is 0 Å². The van der Waals surface area contributed by atoms with E-state index in [1.807, 2.05) is 12.1 Å². The highest BCUT2D eigenvalue weighted by molar-refractivity contribution is 7.92. The van der Waals surface area contributed by atoms with Gasteiger partial charge in [-0.15, -0.1) is 6.42 Å². The average Bonchev–Trinajstić information content (AvgIpc) is 2.65. The Morgan fingerprint density at radius 3 is 2.61 bits per heavy atom. The number of terminal acetylenes is 1. The molecule has 0 aromatic heterocycles. The summed E-state index contributed by atoms with van der Waals surface area (Å²) < 4.78 is 45.8. The van der Waals surface area contributed by atoms with Gasteiger partial charge in [0, 0.05) is 22.4 Å². The molecule has 6 heteroatoms. The van der Waals surface area contributed by atoms with E-state index in [2.05, 4.69) is 10.6 Å². The maximum absolute atomic E-state index is 13.8. The fourth-order valence-corrected chi connectivity index (χ4v) is 3.98.